The van der Waals surface area contributed by atoms with Crippen molar-refractivity contribution in [3.63, 3.8) is 0 Å². The third-order valence-corrected chi connectivity index (χ3v) is 22.8. The van der Waals surface area contributed by atoms with E-state index in [1.165, 1.54) is 104 Å². The molecule has 110 heavy (non-hydrogen) atoms. The van der Waals surface area contributed by atoms with E-state index in [1.54, 1.807) is 0 Å². The molecule has 1 aliphatic rings. The van der Waals surface area contributed by atoms with Crippen molar-refractivity contribution in [2.24, 2.45) is 0 Å². The number of hydrogen-bond acceptors (Lipinski definition) is 6. The predicted molar refractivity (Wildman–Crippen MR) is 467 cm³/mol. The summed E-state index contributed by atoms with van der Waals surface area (Å²) < 4.78 is 13.7. The topological polar surface area (TPSA) is 70.0 Å². The minimum atomic E-state index is -0.399. The van der Waals surface area contributed by atoms with Gasteiger partial charge in [-0.05, 0) is 207 Å². The minimum Gasteiger partial charge on any atom is -0.399 e. The molecule has 1 fully saturated rings. The fraction of sp³-hybridized carbons (Fsp3) is 0.0588. The van der Waals surface area contributed by atoms with Gasteiger partial charge in [0.2, 0.25) is 0 Å². The van der Waals surface area contributed by atoms with E-state index in [9.17, 15) is 0 Å². The van der Waals surface area contributed by atoms with E-state index >= 15 is 0 Å². The van der Waals surface area contributed by atoms with Gasteiger partial charge in [0.15, 0.2) is 0 Å². The van der Waals surface area contributed by atoms with Crippen molar-refractivity contribution in [3.8, 4) is 78.3 Å². The molecular weight excluding hydrogens is 1400 g/mol. The van der Waals surface area contributed by atoms with Crippen molar-refractivity contribution in [2.45, 2.75) is 38.9 Å². The molecule has 0 spiro atoms. The second-order valence-electron chi connectivity index (χ2n) is 29.5. The molecule has 6 nitrogen and oxygen atoms in total. The Morgan fingerprint density at radius 1 is 0.227 bits per heavy atom. The number of benzene rings is 16. The monoisotopic (exact) mass is 1470 g/mol. The zero-order chi connectivity index (χ0) is 74.0. The molecule has 0 atom stereocenters. The summed E-state index contributed by atoms with van der Waals surface area (Å²) in [5.74, 6) is 0. The average Bonchev–Trinajstić information content (AvgIpc) is 1.66. The zero-order valence-corrected chi connectivity index (χ0v) is 62.8. The van der Waals surface area contributed by atoms with E-state index in [4.69, 9.17) is 24.3 Å². The summed E-state index contributed by atoms with van der Waals surface area (Å²) in [5, 5.41) is 19.3. The Bertz CT molecular complexity index is 7010. The van der Waals surface area contributed by atoms with Gasteiger partial charge in [0, 0.05) is 38.2 Å². The molecule has 0 radical (unpaired) electrons. The lowest BCUT2D eigenvalue weighted by Gasteiger charge is -2.32. The number of pyridine rings is 4. The average molecular weight is 1480 g/mol. The summed E-state index contributed by atoms with van der Waals surface area (Å²) in [6.45, 7) is 8.41. The van der Waals surface area contributed by atoms with Crippen molar-refractivity contribution in [1.82, 2.24) is 19.9 Å². The van der Waals surface area contributed by atoms with Crippen molar-refractivity contribution in [1.29, 1.82) is 0 Å². The van der Waals surface area contributed by atoms with Crippen LogP contribution in [0.15, 0.2) is 369 Å². The molecule has 0 bridgehead atoms. The van der Waals surface area contributed by atoms with Crippen LogP contribution in [0.5, 0.6) is 0 Å². The highest BCUT2D eigenvalue weighted by Crippen LogP contribution is 2.44. The van der Waals surface area contributed by atoms with Gasteiger partial charge in [-0.15, -0.1) is 0 Å². The Labute approximate surface area is 647 Å². The zero-order valence-electron chi connectivity index (χ0n) is 61.2. The van der Waals surface area contributed by atoms with Gasteiger partial charge in [0.25, 0.3) is 0 Å². The van der Waals surface area contributed by atoms with Crippen molar-refractivity contribution in [2.75, 3.05) is 0 Å². The standard InChI is InChI=1S/C48H30N2.C36H31BO2.C18H11BrN2/c1-2-11-31(12-3-1)45-27-23-32-21-22-33-24-28-46(50-48(33)47(32)49-45)43-26-25-38(40-18-6-8-19-41(40)43)34-14-10-15-35(29-34)44-30-36-13-4-5-16-37(36)39-17-7-9-20-42(39)44;1-35(2)36(3,4)39-37(38-35)34-21-20-28(30-17-9-10-19-32(30)34)24-13-11-14-25(22-24)33-23-26-12-5-6-15-27(26)29-16-7-8-18-31(29)33;19-16-11-9-14-7-6-13-8-10-15(12-4-2-1-3-5-12)20-17(13)18(14)21-16/h1-30H;5-23H,1-4H3;1-11H. The molecule has 0 unspecified atom stereocenters. The van der Waals surface area contributed by atoms with E-state index in [2.05, 4.69) is 382 Å². The van der Waals surface area contributed by atoms with Crippen LogP contribution in [-0.2, 0) is 9.31 Å². The van der Waals surface area contributed by atoms with Gasteiger partial charge in [-0.1, -0.05) is 315 Å². The molecule has 1 aliphatic heterocycles. The highest BCUT2D eigenvalue weighted by molar-refractivity contribution is 9.10. The van der Waals surface area contributed by atoms with Crippen LogP contribution < -0.4 is 5.46 Å². The Balaban J connectivity index is 0.000000121. The van der Waals surface area contributed by atoms with Crippen LogP contribution >= 0.6 is 15.9 Å². The first kappa shape index (κ1) is 67.8. The lowest BCUT2D eigenvalue weighted by atomic mass is 9.75. The summed E-state index contributed by atoms with van der Waals surface area (Å²) >= 11 is 3.44. The summed E-state index contributed by atoms with van der Waals surface area (Å²) in [6, 6.07) is 129. The molecule has 0 amide bonds. The van der Waals surface area contributed by atoms with Crippen molar-refractivity contribution in [3.05, 3.63) is 369 Å². The number of hydrogen-bond donors (Lipinski definition) is 0. The lowest BCUT2D eigenvalue weighted by Crippen LogP contribution is -2.41. The third kappa shape index (κ3) is 12.5. The molecule has 20 aromatic rings. The lowest BCUT2D eigenvalue weighted by molar-refractivity contribution is 0.00578. The third-order valence-electron chi connectivity index (χ3n) is 22.3. The van der Waals surface area contributed by atoms with Crippen molar-refractivity contribution >= 4 is 137 Å². The molecular formula is C102H72BBrN4O2. The van der Waals surface area contributed by atoms with E-state index in [1.807, 2.05) is 30.3 Å². The van der Waals surface area contributed by atoms with Crippen LogP contribution in [0.2, 0.25) is 0 Å². The predicted octanol–water partition coefficient (Wildman–Crippen LogP) is 26.9. The Morgan fingerprint density at radius 2 is 0.536 bits per heavy atom. The normalized spacial score (nSPS) is 13.2. The summed E-state index contributed by atoms with van der Waals surface area (Å²) in [7, 11) is -0.399. The quantitative estimate of drug-likeness (QED) is 0.0858. The molecule has 0 saturated carbocycles. The number of rotatable bonds is 8. The van der Waals surface area contributed by atoms with Gasteiger partial charge in [-0.3, -0.25) is 0 Å². The van der Waals surface area contributed by atoms with Crippen LogP contribution in [0.4, 0.5) is 0 Å². The molecule has 5 heterocycles. The van der Waals surface area contributed by atoms with Gasteiger partial charge < -0.3 is 9.31 Å². The number of aromatic nitrogens is 4. The van der Waals surface area contributed by atoms with E-state index in [0.29, 0.717) is 0 Å². The number of halogens is 1. The fourth-order valence-corrected chi connectivity index (χ4v) is 16.3. The summed E-state index contributed by atoms with van der Waals surface area (Å²) in [5.41, 5.74) is 19.9. The summed E-state index contributed by atoms with van der Waals surface area (Å²) in [6.07, 6.45) is 0. The molecule has 8 heteroatoms. The van der Waals surface area contributed by atoms with Crippen LogP contribution in [0.1, 0.15) is 27.7 Å². The maximum Gasteiger partial charge on any atom is 0.495 e. The van der Waals surface area contributed by atoms with Gasteiger partial charge in [-0.25, -0.2) is 19.9 Å². The van der Waals surface area contributed by atoms with Crippen LogP contribution in [0.25, 0.3) is 187 Å². The maximum absolute atomic E-state index is 6.43. The van der Waals surface area contributed by atoms with Crippen LogP contribution in [0.3, 0.4) is 0 Å². The molecule has 0 N–H and O–H groups in total. The van der Waals surface area contributed by atoms with Gasteiger partial charge >= 0.3 is 7.12 Å². The Kier molecular flexibility index (Phi) is 17.3. The first-order chi connectivity index (χ1) is 53.9. The Morgan fingerprint density at radius 3 is 1.00 bits per heavy atom. The second kappa shape index (κ2) is 28.1. The molecule has 522 valence electrons. The van der Waals surface area contributed by atoms with E-state index in [0.717, 1.165) is 92.8 Å². The van der Waals surface area contributed by atoms with E-state index in [-0.39, 0.29) is 11.2 Å². The van der Waals surface area contributed by atoms with Gasteiger partial charge in [0.05, 0.1) is 50.4 Å². The molecule has 1 saturated heterocycles. The maximum atomic E-state index is 6.43. The Hall–Kier alpha value is -12.8. The van der Waals surface area contributed by atoms with E-state index < -0.39 is 7.12 Å². The first-order valence-corrected chi connectivity index (χ1v) is 38.3. The van der Waals surface area contributed by atoms with Crippen LogP contribution in [-0.4, -0.2) is 38.3 Å². The smallest absolute Gasteiger partial charge is 0.399 e. The number of fused-ring (bicyclic) bond motifs is 14. The largest absolute Gasteiger partial charge is 0.495 e. The highest BCUT2D eigenvalue weighted by Gasteiger charge is 2.52. The molecule has 4 aromatic heterocycles. The number of nitrogens with zero attached hydrogens (tertiary/aromatic N) is 4. The van der Waals surface area contributed by atoms with Gasteiger partial charge in [-0.2, -0.15) is 0 Å². The highest BCUT2D eigenvalue weighted by atomic mass is 79.9. The molecule has 21 rings (SSSR count). The van der Waals surface area contributed by atoms with Gasteiger partial charge in [0.1, 0.15) is 4.60 Å². The molecule has 16 aromatic carbocycles. The van der Waals surface area contributed by atoms with Crippen LogP contribution in [0, 0.1) is 0 Å². The summed E-state index contributed by atoms with van der Waals surface area (Å²) in [4.78, 5) is 19.9. The second-order valence-corrected chi connectivity index (χ2v) is 30.3. The molecule has 0 aliphatic carbocycles. The SMILES string of the molecule is Brc1ccc2ccc3ccc(-c4ccccc4)nc3c2n1.CC1(C)OB(c2ccc(-c3cccc(-c4cc5ccccc5c5ccccc45)c3)c3ccccc23)OC1(C)C.c1ccc(-c2ccc3ccc4ccc(-c5ccc(-c6cccc(-c7cc8ccccc8c8ccccc78)c6)c6ccccc56)nc4c3n2)cc1. The van der Waals surface area contributed by atoms with Crippen molar-refractivity contribution < 1.29 is 9.31 Å². The fourth-order valence-electron chi connectivity index (χ4n) is 16.0. The minimum absolute atomic E-state index is 0.381. The first-order valence-electron chi connectivity index (χ1n) is 37.5.